The van der Waals surface area contributed by atoms with Crippen molar-refractivity contribution in [2.75, 3.05) is 26.6 Å². The fourth-order valence-electron chi connectivity index (χ4n) is 2.65. The highest BCUT2D eigenvalue weighted by molar-refractivity contribution is 8.14. The SMILES string of the molecule is COC(=O)c1ccccc1S(=O)(=O)N=C(Nc1nc(C)nc(OC)n1)Sc1ccc(OC)cc1. The molecule has 0 amide bonds. The minimum Gasteiger partial charge on any atom is -0.497 e. The van der Waals surface area contributed by atoms with Crippen molar-refractivity contribution >= 4 is 38.9 Å². The van der Waals surface area contributed by atoms with Crippen molar-refractivity contribution in [2.24, 2.45) is 4.40 Å². The van der Waals surface area contributed by atoms with Crippen LogP contribution >= 0.6 is 11.8 Å². The topological polar surface area (TPSA) is 142 Å². The summed E-state index contributed by atoms with van der Waals surface area (Å²) in [4.78, 5) is 24.7. The summed E-state index contributed by atoms with van der Waals surface area (Å²) < 4.78 is 45.3. The molecule has 1 aromatic heterocycles. The van der Waals surface area contributed by atoms with Crippen LogP contribution in [0.1, 0.15) is 16.2 Å². The molecule has 0 atom stereocenters. The average molecular weight is 504 g/mol. The van der Waals surface area contributed by atoms with E-state index in [2.05, 4.69) is 24.7 Å². The Hall–Kier alpha value is -3.71. The van der Waals surface area contributed by atoms with Crippen molar-refractivity contribution in [3.8, 4) is 11.8 Å². The van der Waals surface area contributed by atoms with Crippen LogP contribution in [-0.4, -0.2) is 55.8 Å². The highest BCUT2D eigenvalue weighted by atomic mass is 32.2. The van der Waals surface area contributed by atoms with Crippen molar-refractivity contribution < 1.29 is 27.4 Å². The first-order valence-electron chi connectivity index (χ1n) is 9.63. The number of sulfonamides is 1. The molecule has 0 aliphatic carbocycles. The molecule has 0 spiro atoms. The third-order valence-corrected chi connectivity index (χ3v) is 6.52. The van der Waals surface area contributed by atoms with Crippen LogP contribution in [0.4, 0.5) is 5.95 Å². The van der Waals surface area contributed by atoms with Crippen LogP contribution in [0.15, 0.2) is 62.7 Å². The van der Waals surface area contributed by atoms with Gasteiger partial charge < -0.3 is 19.5 Å². The number of anilines is 1. The molecule has 3 rings (SSSR count). The van der Waals surface area contributed by atoms with Gasteiger partial charge in [-0.25, -0.2) is 4.79 Å². The Balaban J connectivity index is 2.06. The Morgan fingerprint density at radius 2 is 1.68 bits per heavy atom. The summed E-state index contributed by atoms with van der Waals surface area (Å²) in [6.45, 7) is 1.63. The zero-order valence-corrected chi connectivity index (χ0v) is 20.3. The number of amidine groups is 1. The molecule has 34 heavy (non-hydrogen) atoms. The second-order valence-electron chi connectivity index (χ2n) is 6.45. The van der Waals surface area contributed by atoms with Crippen LogP contribution in [0.3, 0.4) is 0 Å². The van der Waals surface area contributed by atoms with Gasteiger partial charge in [0.2, 0.25) is 5.95 Å². The number of benzene rings is 2. The number of carbonyl (C=O) groups is 1. The first kappa shape index (κ1) is 24.9. The van der Waals surface area contributed by atoms with Gasteiger partial charge in [0, 0.05) is 4.90 Å². The number of hydrogen-bond donors (Lipinski definition) is 1. The number of nitrogens with one attached hydrogen (secondary N) is 1. The molecule has 0 radical (unpaired) electrons. The monoisotopic (exact) mass is 503 g/mol. The average Bonchev–Trinajstić information content (AvgIpc) is 2.83. The van der Waals surface area contributed by atoms with Gasteiger partial charge in [-0.1, -0.05) is 23.9 Å². The number of carbonyl (C=O) groups excluding carboxylic acids is 1. The zero-order chi connectivity index (χ0) is 24.7. The van der Waals surface area contributed by atoms with Crippen molar-refractivity contribution in [1.29, 1.82) is 0 Å². The van der Waals surface area contributed by atoms with Gasteiger partial charge in [0.25, 0.3) is 10.0 Å². The number of thioether (sulfide) groups is 1. The number of nitrogens with zero attached hydrogens (tertiary/aromatic N) is 4. The first-order valence-corrected chi connectivity index (χ1v) is 11.9. The molecular weight excluding hydrogens is 482 g/mol. The summed E-state index contributed by atoms with van der Waals surface area (Å²) in [6, 6.07) is 12.6. The van der Waals surface area contributed by atoms with E-state index in [1.807, 2.05) is 0 Å². The molecular formula is C21H21N5O6S2. The number of aromatic nitrogens is 3. The minimum atomic E-state index is -4.35. The molecule has 13 heteroatoms. The quantitative estimate of drug-likeness (QED) is 0.220. The number of esters is 1. The number of hydrogen-bond acceptors (Lipinski definition) is 10. The largest absolute Gasteiger partial charge is 0.497 e. The predicted octanol–water partition coefficient (Wildman–Crippen LogP) is 2.93. The van der Waals surface area contributed by atoms with Crippen LogP contribution < -0.4 is 14.8 Å². The van der Waals surface area contributed by atoms with E-state index in [4.69, 9.17) is 14.2 Å². The van der Waals surface area contributed by atoms with Gasteiger partial charge in [-0.2, -0.15) is 23.4 Å². The molecule has 0 aliphatic rings. The van der Waals surface area contributed by atoms with Gasteiger partial charge in [0.15, 0.2) is 5.17 Å². The Bertz CT molecular complexity index is 1310. The van der Waals surface area contributed by atoms with Crippen LogP contribution in [0.2, 0.25) is 0 Å². The lowest BCUT2D eigenvalue weighted by Gasteiger charge is -2.11. The summed E-state index contributed by atoms with van der Waals surface area (Å²) in [7, 11) is -0.246. The Labute approximate surface area is 200 Å². The number of rotatable bonds is 7. The summed E-state index contributed by atoms with van der Waals surface area (Å²) in [5, 5.41) is 2.73. The standard InChI is InChI=1S/C21H21N5O6S2/c1-13-22-19(24-20(23-13)32-4)25-21(33-15-11-9-14(30-2)10-12-15)26-34(28,29)17-8-6-5-7-16(17)18(27)31-3/h5-12H,1-4H3,(H,22,23,24,25,26). The minimum absolute atomic E-state index is 0.0283. The maximum Gasteiger partial charge on any atom is 0.339 e. The third-order valence-electron chi connectivity index (χ3n) is 4.18. The molecule has 2 aromatic carbocycles. The summed E-state index contributed by atoms with van der Waals surface area (Å²) >= 11 is 1.01. The van der Waals surface area contributed by atoms with E-state index in [0.29, 0.717) is 16.5 Å². The molecule has 178 valence electrons. The molecule has 0 fully saturated rings. The highest BCUT2D eigenvalue weighted by Crippen LogP contribution is 2.26. The summed E-state index contributed by atoms with van der Waals surface area (Å²) in [5.41, 5.74) is -0.139. The summed E-state index contributed by atoms with van der Waals surface area (Å²) in [5.74, 6) is 0.209. The van der Waals surface area contributed by atoms with Crippen molar-refractivity contribution in [3.05, 3.63) is 59.9 Å². The van der Waals surface area contributed by atoms with Crippen molar-refractivity contribution in [1.82, 2.24) is 15.0 Å². The molecule has 0 bridgehead atoms. The van der Waals surface area contributed by atoms with Gasteiger partial charge in [0.05, 0.1) is 26.9 Å². The van der Waals surface area contributed by atoms with E-state index >= 15 is 0 Å². The maximum absolute atomic E-state index is 13.2. The predicted molar refractivity (Wildman–Crippen MR) is 126 cm³/mol. The first-order chi connectivity index (χ1) is 16.2. The Morgan fingerprint density at radius 1 is 0.971 bits per heavy atom. The third kappa shape index (κ3) is 6.20. The lowest BCUT2D eigenvalue weighted by atomic mass is 10.2. The van der Waals surface area contributed by atoms with Crippen molar-refractivity contribution in [2.45, 2.75) is 16.7 Å². The van der Waals surface area contributed by atoms with Gasteiger partial charge in [-0.05, 0) is 43.3 Å². The molecule has 3 aromatic rings. The number of ether oxygens (including phenoxy) is 3. The zero-order valence-electron chi connectivity index (χ0n) is 18.7. The van der Waals surface area contributed by atoms with E-state index in [-0.39, 0.29) is 27.6 Å². The van der Waals surface area contributed by atoms with Crippen LogP contribution in [0.5, 0.6) is 11.8 Å². The van der Waals surface area contributed by atoms with Gasteiger partial charge in [-0.15, -0.1) is 4.40 Å². The highest BCUT2D eigenvalue weighted by Gasteiger charge is 2.24. The smallest absolute Gasteiger partial charge is 0.339 e. The van der Waals surface area contributed by atoms with E-state index in [1.54, 1.807) is 38.3 Å². The lowest BCUT2D eigenvalue weighted by molar-refractivity contribution is 0.0596. The van der Waals surface area contributed by atoms with Gasteiger partial charge in [0.1, 0.15) is 16.5 Å². The fourth-order valence-corrected chi connectivity index (χ4v) is 4.77. The lowest BCUT2D eigenvalue weighted by Crippen LogP contribution is -2.16. The molecule has 0 unspecified atom stereocenters. The fraction of sp³-hybridized carbons (Fsp3) is 0.190. The second kappa shape index (κ2) is 10.9. The Kier molecular flexibility index (Phi) is 8.02. The van der Waals surface area contributed by atoms with E-state index in [1.165, 1.54) is 31.4 Å². The maximum atomic E-state index is 13.2. The van der Waals surface area contributed by atoms with Crippen LogP contribution in [-0.2, 0) is 14.8 Å². The molecule has 1 heterocycles. The molecule has 0 aliphatic heterocycles. The second-order valence-corrected chi connectivity index (χ2v) is 9.09. The van der Waals surface area contributed by atoms with Crippen molar-refractivity contribution in [3.63, 3.8) is 0 Å². The van der Waals surface area contributed by atoms with Gasteiger partial charge >= 0.3 is 12.0 Å². The molecule has 0 saturated carbocycles. The Morgan fingerprint density at radius 3 is 2.32 bits per heavy atom. The van der Waals surface area contributed by atoms with Gasteiger partial charge in [-0.3, -0.25) is 0 Å². The van der Waals surface area contributed by atoms with Crippen LogP contribution in [0.25, 0.3) is 0 Å². The molecule has 1 N–H and O–H groups in total. The normalized spacial score (nSPS) is 11.6. The van der Waals surface area contributed by atoms with E-state index < -0.39 is 16.0 Å². The molecule has 0 saturated heterocycles. The number of methoxy groups -OCH3 is 3. The number of aryl methyl sites for hydroxylation is 1. The van der Waals surface area contributed by atoms with E-state index in [0.717, 1.165) is 18.9 Å². The summed E-state index contributed by atoms with van der Waals surface area (Å²) in [6.07, 6.45) is 0. The van der Waals surface area contributed by atoms with E-state index in [9.17, 15) is 13.2 Å². The molecule has 11 nitrogen and oxygen atoms in total. The van der Waals surface area contributed by atoms with Crippen LogP contribution in [0, 0.1) is 6.92 Å².